The Labute approximate surface area is 446 Å². The standard InChI is InChI=1S/C55H71N13O9/c1-31(2)21-42(48(58)70)64-52(74)43(22-32(3)4)65-53(75)45(25-36-28-59-30-61-36)67-54(76)46-26-37(29-68(46)55(77)34-15-9-6-10-16-34)62-51(73)44(24-35-27-60-40-18-12-11-17-38(35)40)66-50(72)41(19-20-47(57)69)63-49(71)39(56)23-33-13-7-5-8-14-33/h5-18,27-28,30-32,37,39,41-46,60H,19-26,29,56H2,1-4H3,(H2,57,69)(H2,58,70)(H,59,61)(H,62,73)(H,63,71)(H,64,74)(H,65,75)(H,66,72)(H,67,76)/t37-,39+,41-,42-,43-,44-,45-,46-/m0/s1. The first-order valence-electron chi connectivity index (χ1n) is 25.8. The predicted molar refractivity (Wildman–Crippen MR) is 286 cm³/mol. The minimum Gasteiger partial charge on any atom is -0.370 e. The Bertz CT molecular complexity index is 2840. The molecule has 9 amide bonds. The molecule has 22 heteroatoms. The molecular weight excluding hydrogens is 987 g/mol. The molecule has 6 rings (SSSR count). The van der Waals surface area contributed by atoms with Crippen molar-refractivity contribution in [2.75, 3.05) is 6.54 Å². The van der Waals surface area contributed by atoms with E-state index in [1.165, 1.54) is 17.4 Å². The van der Waals surface area contributed by atoms with Gasteiger partial charge in [0.2, 0.25) is 47.3 Å². The number of likely N-dealkylation sites (tertiary alicyclic amines) is 1. The van der Waals surface area contributed by atoms with Crippen molar-refractivity contribution in [1.82, 2.24) is 51.8 Å². The van der Waals surface area contributed by atoms with Crippen molar-refractivity contribution >= 4 is 64.1 Å². The number of carbonyl (C=O) groups excluding carboxylic acids is 9. The zero-order chi connectivity index (χ0) is 55.8. The van der Waals surface area contributed by atoms with E-state index in [0.29, 0.717) is 11.3 Å². The summed E-state index contributed by atoms with van der Waals surface area (Å²) in [6.45, 7) is 7.29. The van der Waals surface area contributed by atoms with Crippen LogP contribution in [0.3, 0.4) is 0 Å². The first-order valence-corrected chi connectivity index (χ1v) is 25.8. The molecule has 77 heavy (non-hydrogen) atoms. The molecule has 0 aliphatic carbocycles. The Kier molecular flexibility index (Phi) is 20.6. The van der Waals surface area contributed by atoms with Gasteiger partial charge >= 0.3 is 0 Å². The Morgan fingerprint density at radius 1 is 0.649 bits per heavy atom. The number of nitrogens with two attached hydrogens (primary N) is 3. The first kappa shape index (κ1) is 57.9. The summed E-state index contributed by atoms with van der Waals surface area (Å²) in [5.41, 5.74) is 20.3. The van der Waals surface area contributed by atoms with Gasteiger partial charge in [0, 0.05) is 66.4 Å². The molecule has 8 atom stereocenters. The third-order valence-corrected chi connectivity index (χ3v) is 13.2. The molecule has 1 fully saturated rings. The lowest BCUT2D eigenvalue weighted by Crippen LogP contribution is -2.58. The molecule has 0 radical (unpaired) electrons. The molecule has 3 heterocycles. The number of aromatic amines is 2. The second-order valence-corrected chi connectivity index (χ2v) is 20.4. The number of para-hydroxylation sites is 1. The van der Waals surface area contributed by atoms with E-state index in [1.807, 2.05) is 58.0 Å². The second-order valence-electron chi connectivity index (χ2n) is 20.4. The number of hydrogen-bond acceptors (Lipinski definition) is 11. The van der Waals surface area contributed by atoms with Crippen LogP contribution in [0.2, 0.25) is 0 Å². The molecule has 5 aromatic rings. The summed E-state index contributed by atoms with van der Waals surface area (Å²) in [4.78, 5) is 136. The number of primary amides is 2. The lowest BCUT2D eigenvalue weighted by atomic mass is 9.99. The molecule has 0 bridgehead atoms. The summed E-state index contributed by atoms with van der Waals surface area (Å²) in [6.07, 6.45) is 4.38. The fourth-order valence-corrected chi connectivity index (χ4v) is 9.32. The third-order valence-electron chi connectivity index (χ3n) is 13.2. The number of amides is 9. The van der Waals surface area contributed by atoms with Gasteiger partial charge in [0.05, 0.1) is 12.4 Å². The predicted octanol–water partition coefficient (Wildman–Crippen LogP) is 0.913. The summed E-state index contributed by atoms with van der Waals surface area (Å²) < 4.78 is 0. The highest BCUT2D eigenvalue weighted by Crippen LogP contribution is 2.24. The molecule has 1 aliphatic rings. The summed E-state index contributed by atoms with van der Waals surface area (Å²) in [5, 5.41) is 17.4. The molecule has 2 aromatic heterocycles. The van der Waals surface area contributed by atoms with Gasteiger partial charge in [-0.2, -0.15) is 0 Å². The van der Waals surface area contributed by atoms with Crippen LogP contribution < -0.4 is 49.1 Å². The Balaban J connectivity index is 1.26. The monoisotopic (exact) mass is 1060 g/mol. The number of aromatic nitrogens is 3. The van der Waals surface area contributed by atoms with Crippen molar-refractivity contribution in [3.63, 3.8) is 0 Å². The van der Waals surface area contributed by atoms with Crippen LogP contribution >= 0.6 is 0 Å². The van der Waals surface area contributed by atoms with Crippen molar-refractivity contribution in [1.29, 1.82) is 0 Å². The van der Waals surface area contributed by atoms with E-state index >= 15 is 0 Å². The molecule has 3 aromatic carbocycles. The minimum absolute atomic E-state index is 0.0133. The van der Waals surface area contributed by atoms with Crippen molar-refractivity contribution in [3.8, 4) is 0 Å². The molecule has 0 saturated carbocycles. The van der Waals surface area contributed by atoms with E-state index in [0.717, 1.165) is 16.5 Å². The Hall–Kier alpha value is -8.40. The molecule has 0 unspecified atom stereocenters. The third kappa shape index (κ3) is 16.8. The quantitative estimate of drug-likeness (QED) is 0.0351. The molecule has 22 nitrogen and oxygen atoms in total. The summed E-state index contributed by atoms with van der Waals surface area (Å²) in [6, 6.07) is 15.3. The van der Waals surface area contributed by atoms with Crippen molar-refractivity contribution in [2.45, 2.75) is 127 Å². The van der Waals surface area contributed by atoms with Gasteiger partial charge in [-0.05, 0) is 73.3 Å². The van der Waals surface area contributed by atoms with E-state index in [2.05, 4.69) is 46.9 Å². The van der Waals surface area contributed by atoms with E-state index < -0.39 is 101 Å². The molecule has 410 valence electrons. The Morgan fingerprint density at radius 3 is 1.88 bits per heavy atom. The largest absolute Gasteiger partial charge is 0.370 e. The summed E-state index contributed by atoms with van der Waals surface area (Å²) >= 11 is 0. The normalized spacial score (nSPS) is 16.6. The van der Waals surface area contributed by atoms with Gasteiger partial charge in [-0.1, -0.05) is 94.4 Å². The van der Waals surface area contributed by atoms with Crippen LogP contribution in [0.15, 0.2) is 104 Å². The number of carbonyl (C=O) groups is 9. The number of benzene rings is 3. The lowest BCUT2D eigenvalue weighted by molar-refractivity contribution is -0.134. The number of H-pyrrole nitrogens is 2. The van der Waals surface area contributed by atoms with Gasteiger partial charge in [-0.3, -0.25) is 43.2 Å². The van der Waals surface area contributed by atoms with Crippen LogP contribution in [0.25, 0.3) is 10.9 Å². The Morgan fingerprint density at radius 2 is 1.23 bits per heavy atom. The van der Waals surface area contributed by atoms with Crippen LogP contribution in [0.4, 0.5) is 0 Å². The zero-order valence-corrected chi connectivity index (χ0v) is 43.8. The number of rotatable bonds is 27. The van der Waals surface area contributed by atoms with Crippen LogP contribution in [-0.2, 0) is 57.6 Å². The van der Waals surface area contributed by atoms with Gasteiger partial charge in [-0.25, -0.2) is 4.98 Å². The zero-order valence-electron chi connectivity index (χ0n) is 43.8. The lowest BCUT2D eigenvalue weighted by Gasteiger charge is -2.28. The van der Waals surface area contributed by atoms with Crippen molar-refractivity contribution < 1.29 is 43.2 Å². The average Bonchev–Trinajstić information content (AvgIpc) is 4.18. The molecule has 0 spiro atoms. The van der Waals surface area contributed by atoms with Gasteiger partial charge in [0.1, 0.15) is 36.3 Å². The number of hydrogen-bond donors (Lipinski definition) is 11. The van der Waals surface area contributed by atoms with E-state index in [-0.39, 0.29) is 75.3 Å². The van der Waals surface area contributed by atoms with E-state index in [1.54, 1.807) is 60.8 Å². The fraction of sp³-hybridized carbons (Fsp3) is 0.418. The second kappa shape index (κ2) is 27.4. The number of imidazole rings is 1. The molecule has 1 aliphatic heterocycles. The van der Waals surface area contributed by atoms with Crippen LogP contribution in [0.5, 0.6) is 0 Å². The maximum absolute atomic E-state index is 14.7. The van der Waals surface area contributed by atoms with Crippen LogP contribution in [0, 0.1) is 11.8 Å². The summed E-state index contributed by atoms with van der Waals surface area (Å²) in [5.74, 6) is -6.36. The average molecular weight is 1060 g/mol. The topological polar surface area (TPSA) is 352 Å². The van der Waals surface area contributed by atoms with E-state index in [4.69, 9.17) is 17.2 Å². The molecular formula is C55H71N13O9. The maximum atomic E-state index is 14.7. The SMILES string of the molecule is CC(C)C[C@H](NC(=O)[C@H](CC(C)C)NC(=O)[C@H](Cc1cnc[nH]1)NC(=O)[C@@H]1C[C@H](NC(=O)[C@H](Cc2c[nH]c3ccccc23)NC(=O)[C@H](CCC(N)=O)NC(=O)[C@H](N)Cc2ccccc2)CN1C(=O)c1ccccc1)C(N)=O. The fourth-order valence-electron chi connectivity index (χ4n) is 9.32. The van der Waals surface area contributed by atoms with Crippen LogP contribution in [0.1, 0.15) is 87.0 Å². The minimum atomic E-state index is -1.34. The number of nitrogens with one attached hydrogen (secondary N) is 8. The smallest absolute Gasteiger partial charge is 0.254 e. The highest BCUT2D eigenvalue weighted by atomic mass is 16.2. The van der Waals surface area contributed by atoms with E-state index in [9.17, 15) is 43.2 Å². The van der Waals surface area contributed by atoms with Gasteiger partial charge in [-0.15, -0.1) is 0 Å². The van der Waals surface area contributed by atoms with Gasteiger partial charge in [0.25, 0.3) is 5.91 Å². The van der Waals surface area contributed by atoms with Crippen molar-refractivity contribution in [2.24, 2.45) is 29.0 Å². The molecule has 14 N–H and O–H groups in total. The first-order chi connectivity index (χ1) is 36.8. The summed E-state index contributed by atoms with van der Waals surface area (Å²) in [7, 11) is 0. The maximum Gasteiger partial charge on any atom is 0.254 e. The number of fused-ring (bicyclic) bond motifs is 1. The number of nitrogens with zero attached hydrogens (tertiary/aromatic N) is 2. The molecule has 1 saturated heterocycles. The van der Waals surface area contributed by atoms with Crippen LogP contribution in [-0.4, -0.2) is 128 Å². The van der Waals surface area contributed by atoms with Crippen molar-refractivity contribution in [3.05, 3.63) is 126 Å². The highest BCUT2D eigenvalue weighted by molar-refractivity contribution is 6.00. The van der Waals surface area contributed by atoms with Gasteiger partial charge < -0.3 is 64.0 Å². The van der Waals surface area contributed by atoms with Gasteiger partial charge in [0.15, 0.2) is 0 Å². The highest BCUT2D eigenvalue weighted by Gasteiger charge is 2.43.